The quantitative estimate of drug-likeness (QED) is 0.666. The maximum Gasteiger partial charge on any atom is 0.245 e. The Morgan fingerprint density at radius 2 is 1.52 bits per heavy atom. The highest BCUT2D eigenvalue weighted by atomic mass is 32.3. The molecule has 0 saturated heterocycles. The van der Waals surface area contributed by atoms with E-state index in [4.69, 9.17) is 5.41 Å². The number of aryl methyl sites for hydroxylation is 1. The van der Waals surface area contributed by atoms with E-state index in [1.165, 1.54) is 12.1 Å². The van der Waals surface area contributed by atoms with Crippen LogP contribution in [0.15, 0.2) is 29.2 Å². The fourth-order valence-corrected chi connectivity index (χ4v) is 6.39. The second-order valence-electron chi connectivity index (χ2n) is 5.41. The third kappa shape index (κ3) is 3.18. The third-order valence-electron chi connectivity index (χ3n) is 3.82. The van der Waals surface area contributed by atoms with Gasteiger partial charge < -0.3 is 0 Å². The number of hydrogen-bond acceptors (Lipinski definition) is 5. The summed E-state index contributed by atoms with van der Waals surface area (Å²) in [5.74, 6) is 0. The maximum atomic E-state index is 12.4. The highest BCUT2D eigenvalue weighted by Crippen LogP contribution is 2.27. The van der Waals surface area contributed by atoms with Gasteiger partial charge in [-0.3, -0.25) is 5.41 Å². The van der Waals surface area contributed by atoms with Crippen molar-refractivity contribution in [1.29, 1.82) is 5.41 Å². The van der Waals surface area contributed by atoms with Gasteiger partial charge in [0.05, 0.1) is 10.1 Å². The van der Waals surface area contributed by atoms with Crippen molar-refractivity contribution in [1.82, 2.24) is 0 Å². The molecule has 7 heteroatoms. The topological polar surface area (TPSA) is 92.1 Å². The first-order chi connectivity index (χ1) is 9.76. The number of benzene rings is 1. The number of nitrogens with one attached hydrogen (secondary N) is 1. The molecule has 1 aromatic carbocycles. The van der Waals surface area contributed by atoms with Gasteiger partial charge in [-0.25, -0.2) is 16.8 Å². The number of hydrogen-bond donors (Lipinski definition) is 1. The second kappa shape index (κ2) is 5.88. The summed E-state index contributed by atoms with van der Waals surface area (Å²) in [6.45, 7) is 1.81. The van der Waals surface area contributed by atoms with Gasteiger partial charge in [-0.1, -0.05) is 37.0 Å². The fraction of sp³-hybridized carbons (Fsp3) is 0.500. The first-order valence-corrected chi connectivity index (χ1v) is 9.93. The van der Waals surface area contributed by atoms with Crippen LogP contribution in [-0.2, 0) is 19.7 Å². The van der Waals surface area contributed by atoms with Gasteiger partial charge in [-0.2, -0.15) is 0 Å². The Labute approximate surface area is 125 Å². The predicted octanol–water partition coefficient (Wildman–Crippen LogP) is 2.45. The van der Waals surface area contributed by atoms with Crippen molar-refractivity contribution < 1.29 is 16.8 Å². The van der Waals surface area contributed by atoms with Crippen molar-refractivity contribution in [3.8, 4) is 0 Å². The monoisotopic (exact) mass is 329 g/mol. The van der Waals surface area contributed by atoms with Crippen LogP contribution in [-0.4, -0.2) is 26.5 Å². The molecule has 0 aliphatic heterocycles. The van der Waals surface area contributed by atoms with Crippen LogP contribution < -0.4 is 0 Å². The molecule has 1 aromatic rings. The zero-order chi connectivity index (χ0) is 15.7. The Morgan fingerprint density at radius 1 is 1.00 bits per heavy atom. The molecule has 0 bridgehead atoms. The van der Waals surface area contributed by atoms with Crippen molar-refractivity contribution in [3.05, 3.63) is 29.8 Å². The molecular formula is C14H19NO4S2. The lowest BCUT2D eigenvalue weighted by Crippen LogP contribution is -2.34. The Morgan fingerprint density at radius 3 is 2.05 bits per heavy atom. The van der Waals surface area contributed by atoms with E-state index in [1.807, 2.05) is 0 Å². The minimum atomic E-state index is -4.27. The van der Waals surface area contributed by atoms with Crippen LogP contribution in [0.5, 0.6) is 0 Å². The molecule has 5 nitrogen and oxygen atoms in total. The van der Waals surface area contributed by atoms with E-state index in [9.17, 15) is 16.8 Å². The first kappa shape index (κ1) is 16.2. The van der Waals surface area contributed by atoms with Gasteiger partial charge >= 0.3 is 0 Å². The molecule has 1 N–H and O–H groups in total. The molecular weight excluding hydrogens is 310 g/mol. The molecule has 1 aliphatic carbocycles. The van der Waals surface area contributed by atoms with E-state index in [0.717, 1.165) is 24.8 Å². The minimum absolute atomic E-state index is 0.141. The molecule has 116 valence electrons. The van der Waals surface area contributed by atoms with Crippen LogP contribution in [0.3, 0.4) is 0 Å². The molecule has 1 fully saturated rings. The second-order valence-corrected chi connectivity index (χ2v) is 9.72. The van der Waals surface area contributed by atoms with E-state index in [-0.39, 0.29) is 4.90 Å². The summed E-state index contributed by atoms with van der Waals surface area (Å²) in [5, 5.41) is 7.01. The van der Waals surface area contributed by atoms with E-state index in [1.54, 1.807) is 19.1 Å². The highest BCUT2D eigenvalue weighted by Gasteiger charge is 2.38. The van der Waals surface area contributed by atoms with E-state index >= 15 is 0 Å². The van der Waals surface area contributed by atoms with Crippen molar-refractivity contribution in [2.45, 2.75) is 49.2 Å². The zero-order valence-corrected chi connectivity index (χ0v) is 13.5. The Bertz CT molecular complexity index is 728. The lowest BCUT2D eigenvalue weighted by atomic mass is 10.0. The highest BCUT2D eigenvalue weighted by molar-refractivity contribution is 8.31. The van der Waals surface area contributed by atoms with Gasteiger partial charge in [0.1, 0.15) is 0 Å². The largest absolute Gasteiger partial charge is 0.279 e. The lowest BCUT2D eigenvalue weighted by molar-refractivity contribution is 0.489. The van der Waals surface area contributed by atoms with Gasteiger partial charge in [0, 0.05) is 0 Å². The van der Waals surface area contributed by atoms with E-state index < -0.39 is 29.3 Å². The fourth-order valence-electron chi connectivity index (χ4n) is 2.50. The zero-order valence-electron chi connectivity index (χ0n) is 11.9. The molecule has 0 radical (unpaired) electrons. The van der Waals surface area contributed by atoms with Gasteiger partial charge in [0.2, 0.25) is 24.1 Å². The molecule has 0 aromatic heterocycles. The van der Waals surface area contributed by atoms with Crippen LogP contribution in [0.2, 0.25) is 0 Å². The van der Waals surface area contributed by atoms with Gasteiger partial charge in [0.25, 0.3) is 0 Å². The molecule has 1 saturated carbocycles. The molecule has 0 heterocycles. The van der Waals surface area contributed by atoms with Crippen molar-refractivity contribution >= 4 is 24.1 Å². The van der Waals surface area contributed by atoms with Crippen LogP contribution in [0.25, 0.3) is 0 Å². The average molecular weight is 329 g/mol. The summed E-state index contributed by atoms with van der Waals surface area (Å²) < 4.78 is 48.2. The summed E-state index contributed by atoms with van der Waals surface area (Å²) in [6.07, 6.45) is 3.37. The van der Waals surface area contributed by atoms with Gasteiger partial charge in [-0.05, 0) is 31.9 Å². The molecule has 0 spiro atoms. The Balaban J connectivity index is 2.35. The van der Waals surface area contributed by atoms with Gasteiger partial charge in [-0.15, -0.1) is 0 Å². The summed E-state index contributed by atoms with van der Waals surface area (Å²) in [6, 6.07) is 5.87. The average Bonchev–Trinajstić information content (AvgIpc) is 2.47. The molecule has 21 heavy (non-hydrogen) atoms. The molecule has 0 atom stereocenters. The number of sulfone groups is 2. The molecule has 0 unspecified atom stereocenters. The standard InChI is InChI=1S/C14H19NO4S2/c1-11-7-9-13(10-8-11)21(18,19)14(15)20(16,17)12-5-3-2-4-6-12/h7-10,12,15H,2-6H2,1H3. The van der Waals surface area contributed by atoms with Crippen molar-refractivity contribution in [2.24, 2.45) is 0 Å². The maximum absolute atomic E-state index is 12.4. The first-order valence-electron chi connectivity index (χ1n) is 6.90. The van der Waals surface area contributed by atoms with Gasteiger partial charge in [0.15, 0.2) is 0 Å². The molecule has 1 aliphatic rings. The summed E-state index contributed by atoms with van der Waals surface area (Å²) in [5.41, 5.74) is 0.871. The normalized spacial score (nSPS) is 17.6. The van der Waals surface area contributed by atoms with E-state index in [0.29, 0.717) is 12.8 Å². The smallest absolute Gasteiger partial charge is 0.245 e. The SMILES string of the molecule is Cc1ccc(S(=O)(=O)C(=N)S(=O)(=O)C2CCCCC2)cc1. The predicted molar refractivity (Wildman–Crippen MR) is 81.9 cm³/mol. The van der Waals surface area contributed by atoms with Crippen LogP contribution in [0.1, 0.15) is 37.7 Å². The minimum Gasteiger partial charge on any atom is -0.279 e. The van der Waals surface area contributed by atoms with Crippen molar-refractivity contribution in [3.63, 3.8) is 0 Å². The van der Waals surface area contributed by atoms with E-state index in [2.05, 4.69) is 0 Å². The van der Waals surface area contributed by atoms with Crippen LogP contribution in [0, 0.1) is 12.3 Å². The lowest BCUT2D eigenvalue weighted by Gasteiger charge is -2.21. The summed E-state index contributed by atoms with van der Waals surface area (Å²) in [4.78, 5) is -0.141. The molecule has 2 rings (SSSR count). The Kier molecular flexibility index (Phi) is 4.53. The molecule has 0 amide bonds. The third-order valence-corrected chi connectivity index (χ3v) is 8.43. The van der Waals surface area contributed by atoms with Crippen LogP contribution in [0.4, 0.5) is 0 Å². The Hall–Kier alpha value is -1.21. The number of rotatable bonds is 2. The summed E-state index contributed by atoms with van der Waals surface area (Å²) >= 11 is 0. The van der Waals surface area contributed by atoms with Crippen molar-refractivity contribution in [2.75, 3.05) is 0 Å². The van der Waals surface area contributed by atoms with Crippen LogP contribution >= 0.6 is 0 Å². The summed E-state index contributed by atoms with van der Waals surface area (Å²) in [7, 11) is -8.35.